The van der Waals surface area contributed by atoms with Gasteiger partial charge in [0, 0.05) is 18.2 Å². The van der Waals surface area contributed by atoms with E-state index in [9.17, 15) is 5.11 Å². The number of aromatic hydroxyl groups is 1. The molecule has 2 rings (SSSR count). The second kappa shape index (κ2) is 6.95. The van der Waals surface area contributed by atoms with E-state index in [1.165, 1.54) is 19.3 Å². The number of methoxy groups -OCH3 is 1. The van der Waals surface area contributed by atoms with Crippen LogP contribution in [0.4, 0.5) is 0 Å². The lowest BCUT2D eigenvalue weighted by Crippen LogP contribution is -2.39. The Labute approximate surface area is 121 Å². The average molecular weight is 278 g/mol. The Morgan fingerprint density at radius 2 is 2.20 bits per heavy atom. The first-order chi connectivity index (χ1) is 9.69. The largest absolute Gasteiger partial charge is 0.508 e. The van der Waals surface area contributed by atoms with Gasteiger partial charge in [0.05, 0.1) is 7.11 Å². The van der Waals surface area contributed by atoms with E-state index in [0.717, 1.165) is 30.9 Å². The fraction of sp³-hybridized carbons (Fsp3) is 0.625. The minimum Gasteiger partial charge on any atom is -0.508 e. The standard InChI is InChI=1S/C16H26N2O2/c1-3-18(15-6-4-5-12(15)10-17)11-13-9-14(20-2)7-8-16(13)19/h7-9,12,15,19H,3-6,10-11,17H2,1-2H3. The van der Waals surface area contributed by atoms with E-state index in [1.54, 1.807) is 19.2 Å². The van der Waals surface area contributed by atoms with E-state index >= 15 is 0 Å². The third-order valence-corrected chi connectivity index (χ3v) is 4.46. The van der Waals surface area contributed by atoms with Crippen LogP contribution in [0.25, 0.3) is 0 Å². The second-order valence-electron chi connectivity index (χ2n) is 5.55. The van der Waals surface area contributed by atoms with Crippen molar-refractivity contribution in [3.8, 4) is 11.5 Å². The first kappa shape index (κ1) is 15.1. The SMILES string of the molecule is CCN(Cc1cc(OC)ccc1O)C1CCCC1CN. The highest BCUT2D eigenvalue weighted by Crippen LogP contribution is 2.32. The van der Waals surface area contributed by atoms with Crippen molar-refractivity contribution in [2.75, 3.05) is 20.2 Å². The molecule has 4 nitrogen and oxygen atoms in total. The number of nitrogens with two attached hydrogens (primary N) is 1. The first-order valence-corrected chi connectivity index (χ1v) is 7.49. The summed E-state index contributed by atoms with van der Waals surface area (Å²) in [6.07, 6.45) is 3.69. The van der Waals surface area contributed by atoms with Crippen molar-refractivity contribution in [1.82, 2.24) is 4.90 Å². The minimum atomic E-state index is 0.339. The summed E-state index contributed by atoms with van der Waals surface area (Å²) >= 11 is 0. The zero-order valence-corrected chi connectivity index (χ0v) is 12.5. The van der Waals surface area contributed by atoms with Gasteiger partial charge in [-0.2, -0.15) is 0 Å². The molecule has 0 aliphatic heterocycles. The van der Waals surface area contributed by atoms with Crippen LogP contribution in [0, 0.1) is 5.92 Å². The van der Waals surface area contributed by atoms with Gasteiger partial charge in [-0.05, 0) is 50.0 Å². The summed E-state index contributed by atoms with van der Waals surface area (Å²) in [6.45, 7) is 4.65. The van der Waals surface area contributed by atoms with E-state index in [4.69, 9.17) is 10.5 Å². The van der Waals surface area contributed by atoms with Crippen LogP contribution >= 0.6 is 0 Å². The summed E-state index contributed by atoms with van der Waals surface area (Å²) in [5, 5.41) is 10.0. The first-order valence-electron chi connectivity index (χ1n) is 7.49. The van der Waals surface area contributed by atoms with Crippen molar-refractivity contribution in [2.24, 2.45) is 11.7 Å². The smallest absolute Gasteiger partial charge is 0.120 e. The molecule has 20 heavy (non-hydrogen) atoms. The van der Waals surface area contributed by atoms with E-state index < -0.39 is 0 Å². The van der Waals surface area contributed by atoms with E-state index in [0.29, 0.717) is 17.7 Å². The topological polar surface area (TPSA) is 58.7 Å². The molecule has 112 valence electrons. The highest BCUT2D eigenvalue weighted by atomic mass is 16.5. The summed E-state index contributed by atoms with van der Waals surface area (Å²) in [4.78, 5) is 2.43. The minimum absolute atomic E-state index is 0.339. The Kier molecular flexibility index (Phi) is 5.26. The molecule has 0 amide bonds. The van der Waals surface area contributed by atoms with Crippen molar-refractivity contribution < 1.29 is 9.84 Å². The molecule has 0 bridgehead atoms. The molecule has 0 radical (unpaired) electrons. The van der Waals surface area contributed by atoms with Crippen LogP contribution in [0.3, 0.4) is 0 Å². The zero-order valence-electron chi connectivity index (χ0n) is 12.5. The summed E-state index contributed by atoms with van der Waals surface area (Å²) in [5.41, 5.74) is 6.81. The van der Waals surface area contributed by atoms with Crippen LogP contribution in [0.15, 0.2) is 18.2 Å². The van der Waals surface area contributed by atoms with Crippen LogP contribution in [0.2, 0.25) is 0 Å². The highest BCUT2D eigenvalue weighted by molar-refractivity contribution is 5.39. The molecule has 2 unspecified atom stereocenters. The van der Waals surface area contributed by atoms with Gasteiger partial charge in [0.2, 0.25) is 0 Å². The van der Waals surface area contributed by atoms with Crippen LogP contribution in [0.5, 0.6) is 11.5 Å². The number of nitrogens with zero attached hydrogens (tertiary/aromatic N) is 1. The van der Waals surface area contributed by atoms with Gasteiger partial charge in [-0.3, -0.25) is 4.90 Å². The van der Waals surface area contributed by atoms with Crippen LogP contribution in [0.1, 0.15) is 31.7 Å². The molecule has 4 heteroatoms. The van der Waals surface area contributed by atoms with Crippen LogP contribution in [-0.4, -0.2) is 36.2 Å². The molecule has 1 fully saturated rings. The molecular weight excluding hydrogens is 252 g/mol. The van der Waals surface area contributed by atoms with Gasteiger partial charge in [0.15, 0.2) is 0 Å². The van der Waals surface area contributed by atoms with E-state index in [2.05, 4.69) is 11.8 Å². The monoisotopic (exact) mass is 278 g/mol. The lowest BCUT2D eigenvalue weighted by Gasteiger charge is -2.32. The molecule has 1 aromatic carbocycles. The quantitative estimate of drug-likeness (QED) is 0.838. The summed E-state index contributed by atoms with van der Waals surface area (Å²) < 4.78 is 5.24. The van der Waals surface area contributed by atoms with Crippen molar-refractivity contribution in [1.29, 1.82) is 0 Å². The number of phenols is 1. The zero-order chi connectivity index (χ0) is 14.5. The molecule has 0 spiro atoms. The lowest BCUT2D eigenvalue weighted by atomic mass is 10.0. The van der Waals surface area contributed by atoms with Crippen LogP contribution < -0.4 is 10.5 Å². The van der Waals surface area contributed by atoms with Crippen molar-refractivity contribution in [3.05, 3.63) is 23.8 Å². The Balaban J connectivity index is 2.13. The normalized spacial score (nSPS) is 22.4. The maximum absolute atomic E-state index is 10.0. The van der Waals surface area contributed by atoms with E-state index in [1.807, 2.05) is 6.07 Å². The predicted molar refractivity (Wildman–Crippen MR) is 80.9 cm³/mol. The second-order valence-corrected chi connectivity index (χ2v) is 5.55. The maximum atomic E-state index is 10.0. The molecule has 0 aromatic heterocycles. The molecule has 1 saturated carbocycles. The predicted octanol–water partition coefficient (Wildman–Crippen LogP) is 2.35. The Bertz CT molecular complexity index is 436. The fourth-order valence-corrected chi connectivity index (χ4v) is 3.27. The number of hydrogen-bond acceptors (Lipinski definition) is 4. The number of hydrogen-bond donors (Lipinski definition) is 2. The Morgan fingerprint density at radius 1 is 1.40 bits per heavy atom. The Hall–Kier alpha value is -1.26. The summed E-state index contributed by atoms with van der Waals surface area (Å²) in [7, 11) is 1.65. The molecule has 1 aliphatic rings. The van der Waals surface area contributed by atoms with Gasteiger partial charge < -0.3 is 15.6 Å². The number of phenolic OH excluding ortho intramolecular Hbond substituents is 1. The third kappa shape index (κ3) is 3.25. The number of rotatable bonds is 6. The summed E-state index contributed by atoms with van der Waals surface area (Å²) in [5.74, 6) is 1.71. The number of benzene rings is 1. The Morgan fingerprint density at radius 3 is 2.85 bits per heavy atom. The van der Waals surface area contributed by atoms with Gasteiger partial charge in [-0.1, -0.05) is 13.3 Å². The van der Waals surface area contributed by atoms with Crippen molar-refractivity contribution >= 4 is 0 Å². The maximum Gasteiger partial charge on any atom is 0.120 e. The van der Waals surface area contributed by atoms with Gasteiger partial charge in [0.1, 0.15) is 11.5 Å². The number of ether oxygens (including phenoxy) is 1. The van der Waals surface area contributed by atoms with Crippen molar-refractivity contribution in [3.63, 3.8) is 0 Å². The van der Waals surface area contributed by atoms with E-state index in [-0.39, 0.29) is 0 Å². The average Bonchev–Trinajstić information content (AvgIpc) is 2.94. The van der Waals surface area contributed by atoms with Gasteiger partial charge in [-0.25, -0.2) is 0 Å². The third-order valence-electron chi connectivity index (χ3n) is 4.46. The van der Waals surface area contributed by atoms with Crippen molar-refractivity contribution in [2.45, 2.75) is 38.8 Å². The lowest BCUT2D eigenvalue weighted by molar-refractivity contribution is 0.160. The molecule has 1 aliphatic carbocycles. The van der Waals surface area contributed by atoms with Gasteiger partial charge >= 0.3 is 0 Å². The molecule has 0 saturated heterocycles. The van der Waals surface area contributed by atoms with Crippen LogP contribution in [-0.2, 0) is 6.54 Å². The molecule has 1 aromatic rings. The molecular formula is C16H26N2O2. The molecule has 3 N–H and O–H groups in total. The molecule has 2 atom stereocenters. The van der Waals surface area contributed by atoms with Gasteiger partial charge in [0.25, 0.3) is 0 Å². The summed E-state index contributed by atoms with van der Waals surface area (Å²) in [6, 6.07) is 5.95. The fourth-order valence-electron chi connectivity index (χ4n) is 3.27. The highest BCUT2D eigenvalue weighted by Gasteiger charge is 2.30. The van der Waals surface area contributed by atoms with Gasteiger partial charge in [-0.15, -0.1) is 0 Å². The molecule has 0 heterocycles.